The van der Waals surface area contributed by atoms with Gasteiger partial charge in [-0.2, -0.15) is 5.26 Å². The van der Waals surface area contributed by atoms with Crippen molar-refractivity contribution in [2.75, 3.05) is 0 Å². The summed E-state index contributed by atoms with van der Waals surface area (Å²) in [5, 5.41) is 11.7. The molecule has 0 fully saturated rings. The SMILES string of the molecule is Cc1cc([C@H](C)NC(=O)c2ccc(C#N)cc2)c(C)s1. The Hall–Kier alpha value is -2.12. The Balaban J connectivity index is 2.11. The molecule has 1 heterocycles. The number of amides is 1. The summed E-state index contributed by atoms with van der Waals surface area (Å²) in [6.45, 7) is 6.11. The highest BCUT2D eigenvalue weighted by Crippen LogP contribution is 2.26. The summed E-state index contributed by atoms with van der Waals surface area (Å²) in [5.41, 5.74) is 2.29. The van der Waals surface area contributed by atoms with Crippen molar-refractivity contribution in [3.63, 3.8) is 0 Å². The van der Waals surface area contributed by atoms with Gasteiger partial charge in [0.05, 0.1) is 17.7 Å². The molecule has 1 N–H and O–H groups in total. The molecule has 0 aliphatic heterocycles. The summed E-state index contributed by atoms with van der Waals surface area (Å²) < 4.78 is 0. The van der Waals surface area contributed by atoms with Crippen molar-refractivity contribution >= 4 is 17.2 Å². The van der Waals surface area contributed by atoms with E-state index in [0.717, 1.165) is 5.56 Å². The van der Waals surface area contributed by atoms with Gasteiger partial charge in [0, 0.05) is 15.3 Å². The first-order chi connectivity index (χ1) is 9.51. The van der Waals surface area contributed by atoms with E-state index in [1.807, 2.05) is 13.0 Å². The number of benzene rings is 1. The second-order valence-electron chi connectivity index (χ2n) is 4.75. The molecule has 1 atom stereocenters. The molecule has 1 amide bonds. The molecule has 0 radical (unpaired) electrons. The Morgan fingerprint density at radius 2 is 1.95 bits per heavy atom. The average Bonchev–Trinajstić information content (AvgIpc) is 2.78. The molecule has 0 saturated heterocycles. The Morgan fingerprint density at radius 1 is 1.30 bits per heavy atom. The predicted octanol–water partition coefficient (Wildman–Crippen LogP) is 3.73. The normalized spacial score (nSPS) is 11.7. The molecule has 102 valence electrons. The molecular weight excluding hydrogens is 268 g/mol. The van der Waals surface area contributed by atoms with Crippen molar-refractivity contribution in [1.82, 2.24) is 5.32 Å². The molecule has 3 nitrogen and oxygen atoms in total. The van der Waals surface area contributed by atoms with Gasteiger partial charge in [0.25, 0.3) is 5.91 Å². The van der Waals surface area contributed by atoms with E-state index in [1.54, 1.807) is 35.6 Å². The molecule has 0 aliphatic carbocycles. The third-order valence-corrected chi connectivity index (χ3v) is 4.15. The van der Waals surface area contributed by atoms with Crippen LogP contribution in [0.3, 0.4) is 0 Å². The van der Waals surface area contributed by atoms with Gasteiger partial charge in [-0.1, -0.05) is 0 Å². The van der Waals surface area contributed by atoms with Gasteiger partial charge in [-0.3, -0.25) is 4.79 Å². The maximum Gasteiger partial charge on any atom is 0.251 e. The molecule has 0 aliphatic rings. The monoisotopic (exact) mass is 284 g/mol. The highest BCUT2D eigenvalue weighted by molar-refractivity contribution is 7.12. The van der Waals surface area contributed by atoms with E-state index < -0.39 is 0 Å². The molecule has 2 aromatic rings. The molecule has 1 aromatic carbocycles. The van der Waals surface area contributed by atoms with Gasteiger partial charge < -0.3 is 5.32 Å². The van der Waals surface area contributed by atoms with Crippen LogP contribution in [0, 0.1) is 25.2 Å². The minimum absolute atomic E-state index is 0.0249. The molecule has 0 spiro atoms. The van der Waals surface area contributed by atoms with Crippen LogP contribution in [0.4, 0.5) is 0 Å². The third kappa shape index (κ3) is 3.06. The zero-order valence-corrected chi connectivity index (χ0v) is 12.5. The highest BCUT2D eigenvalue weighted by Gasteiger charge is 2.14. The van der Waals surface area contributed by atoms with E-state index in [0.29, 0.717) is 11.1 Å². The fourth-order valence-electron chi connectivity index (χ4n) is 2.13. The fourth-order valence-corrected chi connectivity index (χ4v) is 3.16. The number of thiophene rings is 1. The maximum atomic E-state index is 12.2. The summed E-state index contributed by atoms with van der Waals surface area (Å²) >= 11 is 1.74. The van der Waals surface area contributed by atoms with Crippen LogP contribution < -0.4 is 5.32 Å². The molecule has 0 saturated carbocycles. The van der Waals surface area contributed by atoms with Crippen LogP contribution in [0.2, 0.25) is 0 Å². The summed E-state index contributed by atoms with van der Waals surface area (Å²) in [7, 11) is 0. The van der Waals surface area contributed by atoms with Crippen LogP contribution >= 0.6 is 11.3 Å². The molecular formula is C16H16N2OS. The Morgan fingerprint density at radius 3 is 2.45 bits per heavy atom. The van der Waals surface area contributed by atoms with Crippen molar-refractivity contribution in [1.29, 1.82) is 5.26 Å². The zero-order valence-electron chi connectivity index (χ0n) is 11.7. The van der Waals surface area contributed by atoms with Crippen molar-refractivity contribution in [3.05, 3.63) is 56.8 Å². The van der Waals surface area contributed by atoms with Crippen LogP contribution in [0.25, 0.3) is 0 Å². The minimum atomic E-state index is -0.120. The summed E-state index contributed by atoms with van der Waals surface area (Å²) in [4.78, 5) is 14.6. The predicted molar refractivity (Wildman–Crippen MR) is 80.8 cm³/mol. The lowest BCUT2D eigenvalue weighted by Gasteiger charge is -2.14. The number of hydrogen-bond donors (Lipinski definition) is 1. The molecule has 0 bridgehead atoms. The second kappa shape index (κ2) is 5.89. The number of hydrogen-bond acceptors (Lipinski definition) is 3. The first kappa shape index (κ1) is 14.3. The second-order valence-corrected chi connectivity index (χ2v) is 6.21. The maximum absolute atomic E-state index is 12.2. The quantitative estimate of drug-likeness (QED) is 0.933. The first-order valence-corrected chi connectivity index (χ1v) is 7.21. The number of carbonyl (C=O) groups is 1. The van der Waals surface area contributed by atoms with Crippen molar-refractivity contribution < 1.29 is 4.79 Å². The van der Waals surface area contributed by atoms with Crippen LogP contribution in [-0.2, 0) is 0 Å². The molecule has 4 heteroatoms. The van der Waals surface area contributed by atoms with Crippen molar-refractivity contribution in [2.45, 2.75) is 26.8 Å². The van der Waals surface area contributed by atoms with Crippen LogP contribution in [0.15, 0.2) is 30.3 Å². The number of aryl methyl sites for hydroxylation is 2. The first-order valence-electron chi connectivity index (χ1n) is 6.39. The Kier molecular flexibility index (Phi) is 4.21. The Labute approximate surface area is 122 Å². The van der Waals surface area contributed by atoms with Crippen LogP contribution in [-0.4, -0.2) is 5.91 Å². The van der Waals surface area contributed by atoms with Crippen LogP contribution in [0.5, 0.6) is 0 Å². The summed E-state index contributed by atoms with van der Waals surface area (Å²) in [5.74, 6) is -0.120. The number of rotatable bonds is 3. The molecule has 0 unspecified atom stereocenters. The number of nitriles is 1. The highest BCUT2D eigenvalue weighted by atomic mass is 32.1. The lowest BCUT2D eigenvalue weighted by atomic mass is 10.1. The van der Waals surface area contributed by atoms with E-state index in [1.165, 1.54) is 9.75 Å². The number of carbonyl (C=O) groups excluding carboxylic acids is 1. The smallest absolute Gasteiger partial charge is 0.251 e. The molecule has 20 heavy (non-hydrogen) atoms. The molecule has 2 rings (SSSR count). The largest absolute Gasteiger partial charge is 0.345 e. The number of nitrogens with zero attached hydrogens (tertiary/aromatic N) is 1. The van der Waals surface area contributed by atoms with Gasteiger partial charge in [0.1, 0.15) is 0 Å². The minimum Gasteiger partial charge on any atom is -0.345 e. The topological polar surface area (TPSA) is 52.9 Å². The summed E-state index contributed by atoms with van der Waals surface area (Å²) in [6, 6.07) is 10.8. The van der Waals surface area contributed by atoms with Gasteiger partial charge >= 0.3 is 0 Å². The van der Waals surface area contributed by atoms with Gasteiger partial charge in [-0.15, -0.1) is 11.3 Å². The average molecular weight is 284 g/mol. The van der Waals surface area contributed by atoms with Gasteiger partial charge in [0.15, 0.2) is 0 Å². The van der Waals surface area contributed by atoms with E-state index >= 15 is 0 Å². The fraction of sp³-hybridized carbons (Fsp3) is 0.250. The summed E-state index contributed by atoms with van der Waals surface area (Å²) in [6.07, 6.45) is 0. The Bertz CT molecular complexity index is 665. The standard InChI is InChI=1S/C16H16N2OS/c1-10-8-15(12(3)20-10)11(2)18-16(19)14-6-4-13(9-17)5-7-14/h4-8,11H,1-3H3,(H,18,19)/t11-/m0/s1. The number of nitrogens with one attached hydrogen (secondary N) is 1. The molecule has 1 aromatic heterocycles. The van der Waals surface area contributed by atoms with Crippen molar-refractivity contribution in [3.8, 4) is 6.07 Å². The van der Waals surface area contributed by atoms with Crippen LogP contribution in [0.1, 0.15) is 44.2 Å². The third-order valence-electron chi connectivity index (χ3n) is 3.17. The van der Waals surface area contributed by atoms with E-state index in [-0.39, 0.29) is 11.9 Å². The van der Waals surface area contributed by atoms with Gasteiger partial charge in [0.2, 0.25) is 0 Å². The van der Waals surface area contributed by atoms with E-state index in [2.05, 4.69) is 25.2 Å². The van der Waals surface area contributed by atoms with Gasteiger partial charge in [-0.05, 0) is 56.7 Å². The lowest BCUT2D eigenvalue weighted by Crippen LogP contribution is -2.26. The van der Waals surface area contributed by atoms with E-state index in [9.17, 15) is 4.79 Å². The van der Waals surface area contributed by atoms with Crippen molar-refractivity contribution in [2.24, 2.45) is 0 Å². The van der Waals surface area contributed by atoms with Gasteiger partial charge in [-0.25, -0.2) is 0 Å². The lowest BCUT2D eigenvalue weighted by molar-refractivity contribution is 0.0940. The van der Waals surface area contributed by atoms with E-state index in [4.69, 9.17) is 5.26 Å². The zero-order chi connectivity index (χ0) is 14.7.